The molecule has 0 amide bonds. The Kier molecular flexibility index (Phi) is 7.70. The maximum Gasteiger partial charge on any atom is 0.180 e. The average Bonchev–Trinajstić information content (AvgIpc) is 2.75. The highest BCUT2D eigenvalue weighted by Crippen LogP contribution is 2.13. The highest BCUT2D eigenvalue weighted by Gasteiger charge is 1.97. The monoisotopic (exact) mass is 389 g/mol. The Labute approximate surface area is 170 Å². The molecule has 0 saturated carbocycles. The summed E-state index contributed by atoms with van der Waals surface area (Å²) in [6.07, 6.45) is 2.57. The van der Waals surface area contributed by atoms with Crippen LogP contribution in [0, 0.1) is 0 Å². The fourth-order valence-electron chi connectivity index (χ4n) is 2.49. The van der Waals surface area contributed by atoms with Gasteiger partial charge < -0.3 is 10.5 Å². The number of ether oxygens (including phenoxy) is 1. The molecule has 0 spiro atoms. The van der Waals surface area contributed by atoms with Gasteiger partial charge in [-0.2, -0.15) is 5.10 Å². The molecule has 0 radical (unpaired) electrons. The molecule has 0 aromatic heterocycles. The molecule has 3 rings (SSSR count). The lowest BCUT2D eigenvalue weighted by atomic mass is 10.2. The molecule has 2 N–H and O–H groups in total. The van der Waals surface area contributed by atoms with E-state index in [9.17, 15) is 0 Å². The predicted octanol–water partition coefficient (Wildman–Crippen LogP) is 4.89. The second-order valence-corrected chi connectivity index (χ2v) is 7.11. The number of nitrogens with zero attached hydrogens (tertiary/aromatic N) is 2. The molecule has 142 valence electrons. The van der Waals surface area contributed by atoms with E-state index in [2.05, 4.69) is 34.5 Å². The number of hydrogen-bond donors (Lipinski definition) is 1. The predicted molar refractivity (Wildman–Crippen MR) is 119 cm³/mol. The average molecular weight is 390 g/mol. The minimum atomic E-state index is 0.445. The van der Waals surface area contributed by atoms with E-state index in [1.165, 1.54) is 22.9 Å². The summed E-state index contributed by atoms with van der Waals surface area (Å²) in [5.41, 5.74) is 9.31. The summed E-state index contributed by atoms with van der Waals surface area (Å²) in [5, 5.41) is 8.54. The molecule has 0 aliphatic carbocycles. The van der Waals surface area contributed by atoms with E-state index < -0.39 is 0 Å². The number of rotatable bonds is 8. The molecule has 0 fully saturated rings. The van der Waals surface area contributed by atoms with Gasteiger partial charge in [-0.15, -0.1) is 5.10 Å². The molecule has 0 saturated heterocycles. The number of benzene rings is 3. The molecule has 0 atom stereocenters. The van der Waals surface area contributed by atoms with Crippen LogP contribution >= 0.6 is 11.8 Å². The zero-order valence-corrected chi connectivity index (χ0v) is 16.4. The second-order valence-electron chi connectivity index (χ2n) is 6.11. The summed E-state index contributed by atoms with van der Waals surface area (Å²) < 4.78 is 5.79. The molecule has 0 heterocycles. The van der Waals surface area contributed by atoms with Gasteiger partial charge in [0.2, 0.25) is 0 Å². The molecular weight excluding hydrogens is 366 g/mol. The molecule has 0 unspecified atom stereocenters. The number of thioether (sulfide) groups is 1. The van der Waals surface area contributed by atoms with Crippen LogP contribution in [0.3, 0.4) is 0 Å². The maximum atomic E-state index is 5.89. The van der Waals surface area contributed by atoms with Crippen LogP contribution in [0.4, 0.5) is 0 Å². The van der Waals surface area contributed by atoms with Gasteiger partial charge in [0, 0.05) is 12.2 Å². The lowest BCUT2D eigenvalue weighted by Gasteiger charge is -2.06. The van der Waals surface area contributed by atoms with Gasteiger partial charge in [-0.1, -0.05) is 72.4 Å². The Morgan fingerprint density at radius 2 is 1.50 bits per heavy atom. The third-order valence-corrected chi connectivity index (χ3v) is 4.83. The quantitative estimate of drug-likeness (QED) is 0.339. The van der Waals surface area contributed by atoms with E-state index in [0.29, 0.717) is 11.8 Å². The van der Waals surface area contributed by atoms with Crippen molar-refractivity contribution < 1.29 is 4.74 Å². The van der Waals surface area contributed by atoms with Crippen LogP contribution in [0.25, 0.3) is 0 Å². The summed E-state index contributed by atoms with van der Waals surface area (Å²) in [6.45, 7) is 0.650. The number of amidine groups is 1. The van der Waals surface area contributed by atoms with Crippen molar-refractivity contribution in [2.75, 3.05) is 6.61 Å². The Bertz CT molecular complexity index is 894. The summed E-state index contributed by atoms with van der Waals surface area (Å²) in [7, 11) is 0. The van der Waals surface area contributed by atoms with Crippen LogP contribution in [0.2, 0.25) is 0 Å². The van der Waals surface area contributed by atoms with Crippen molar-refractivity contribution in [1.29, 1.82) is 0 Å². The lowest BCUT2D eigenvalue weighted by molar-refractivity contribution is 0.322. The minimum absolute atomic E-state index is 0.445. The van der Waals surface area contributed by atoms with E-state index in [4.69, 9.17) is 10.5 Å². The topological polar surface area (TPSA) is 60.0 Å². The normalized spacial score (nSPS) is 11.6. The first kappa shape index (κ1) is 19.7. The Morgan fingerprint density at radius 1 is 0.857 bits per heavy atom. The highest BCUT2D eigenvalue weighted by molar-refractivity contribution is 8.13. The van der Waals surface area contributed by atoms with E-state index in [-0.39, 0.29) is 0 Å². The van der Waals surface area contributed by atoms with Crippen molar-refractivity contribution in [2.45, 2.75) is 12.2 Å². The molecule has 28 heavy (non-hydrogen) atoms. The van der Waals surface area contributed by atoms with Gasteiger partial charge in [0.15, 0.2) is 5.17 Å². The van der Waals surface area contributed by atoms with Crippen molar-refractivity contribution in [3.63, 3.8) is 0 Å². The van der Waals surface area contributed by atoms with E-state index in [1.54, 1.807) is 6.21 Å². The lowest BCUT2D eigenvalue weighted by Crippen LogP contribution is -2.06. The molecule has 3 aromatic rings. The molecule has 0 bridgehead atoms. The maximum absolute atomic E-state index is 5.89. The van der Waals surface area contributed by atoms with E-state index in [1.807, 2.05) is 60.7 Å². The zero-order chi connectivity index (χ0) is 19.4. The molecule has 5 heteroatoms. The van der Waals surface area contributed by atoms with Gasteiger partial charge in [-0.3, -0.25) is 0 Å². The molecule has 0 aliphatic rings. The van der Waals surface area contributed by atoms with Gasteiger partial charge in [-0.05, 0) is 41.0 Å². The van der Waals surface area contributed by atoms with Crippen LogP contribution in [-0.4, -0.2) is 18.0 Å². The van der Waals surface area contributed by atoms with Crippen LogP contribution in [0.5, 0.6) is 5.75 Å². The molecular formula is C23H23N3OS. The summed E-state index contributed by atoms with van der Waals surface area (Å²) in [4.78, 5) is 0. The van der Waals surface area contributed by atoms with Crippen molar-refractivity contribution in [3.05, 3.63) is 102 Å². The summed E-state index contributed by atoms with van der Waals surface area (Å²) >= 11 is 1.47. The first-order valence-corrected chi connectivity index (χ1v) is 10.1. The van der Waals surface area contributed by atoms with Crippen molar-refractivity contribution in [3.8, 4) is 5.75 Å². The van der Waals surface area contributed by atoms with Crippen LogP contribution in [-0.2, 0) is 12.2 Å². The van der Waals surface area contributed by atoms with Crippen molar-refractivity contribution >= 4 is 23.1 Å². The zero-order valence-electron chi connectivity index (χ0n) is 15.6. The smallest absolute Gasteiger partial charge is 0.180 e. The van der Waals surface area contributed by atoms with Gasteiger partial charge in [0.1, 0.15) is 5.75 Å². The standard InChI is InChI=1S/C23H23N3OS/c24-23(28-18-21-9-5-2-6-10-21)26-25-17-20-11-13-22(14-12-20)27-16-15-19-7-3-1-4-8-19/h1-14,17H,15-16,18H2,(H2,24,26). The first-order valence-electron chi connectivity index (χ1n) is 9.09. The van der Waals surface area contributed by atoms with Gasteiger partial charge in [0.25, 0.3) is 0 Å². The van der Waals surface area contributed by atoms with Gasteiger partial charge in [-0.25, -0.2) is 0 Å². The molecule has 4 nitrogen and oxygen atoms in total. The Balaban J connectivity index is 1.42. The Morgan fingerprint density at radius 3 is 2.18 bits per heavy atom. The fraction of sp³-hybridized carbons (Fsp3) is 0.130. The van der Waals surface area contributed by atoms with Crippen LogP contribution < -0.4 is 10.5 Å². The number of hydrogen-bond acceptors (Lipinski definition) is 4. The third kappa shape index (κ3) is 6.93. The fourth-order valence-corrected chi connectivity index (χ4v) is 3.11. The largest absolute Gasteiger partial charge is 0.493 e. The van der Waals surface area contributed by atoms with Crippen molar-refractivity contribution in [1.82, 2.24) is 0 Å². The van der Waals surface area contributed by atoms with Gasteiger partial charge in [0.05, 0.1) is 12.8 Å². The minimum Gasteiger partial charge on any atom is -0.493 e. The molecule has 0 aliphatic heterocycles. The molecule has 3 aromatic carbocycles. The van der Waals surface area contributed by atoms with E-state index >= 15 is 0 Å². The van der Waals surface area contributed by atoms with E-state index in [0.717, 1.165) is 23.5 Å². The summed E-state index contributed by atoms with van der Waals surface area (Å²) in [6, 6.07) is 28.2. The second kappa shape index (κ2) is 10.9. The van der Waals surface area contributed by atoms with Crippen LogP contribution in [0.1, 0.15) is 16.7 Å². The van der Waals surface area contributed by atoms with Crippen LogP contribution in [0.15, 0.2) is 95.1 Å². The Hall–Kier alpha value is -3.05. The highest BCUT2D eigenvalue weighted by atomic mass is 32.2. The first-order chi connectivity index (χ1) is 13.8. The van der Waals surface area contributed by atoms with Crippen molar-refractivity contribution in [2.24, 2.45) is 15.9 Å². The number of nitrogens with two attached hydrogens (primary N) is 1. The van der Waals surface area contributed by atoms with Gasteiger partial charge >= 0.3 is 0 Å². The third-order valence-electron chi connectivity index (χ3n) is 3.98. The SMILES string of the molecule is NC(=NN=Cc1ccc(OCCc2ccccc2)cc1)SCc1ccccc1. The summed E-state index contributed by atoms with van der Waals surface area (Å²) in [5.74, 6) is 1.62.